The predicted octanol–water partition coefficient (Wildman–Crippen LogP) is 4.85. The molecule has 1 unspecified atom stereocenters. The molecule has 1 fully saturated rings. The Morgan fingerprint density at radius 2 is 2.00 bits per heavy atom. The number of anilines is 1. The molecular weight excluding hydrogens is 564 g/mol. The summed E-state index contributed by atoms with van der Waals surface area (Å²) in [5.74, 6) is 0.250. The second-order valence-electron chi connectivity index (χ2n) is 8.30. The first-order valence-electron chi connectivity index (χ1n) is 11.3. The molecule has 0 radical (unpaired) electrons. The zero-order chi connectivity index (χ0) is 25.3. The van der Waals surface area contributed by atoms with Gasteiger partial charge in [0.05, 0.1) is 34.5 Å². The van der Waals surface area contributed by atoms with Crippen molar-refractivity contribution in [1.29, 1.82) is 0 Å². The Kier molecular flexibility index (Phi) is 7.07. The number of nitrogens with zero attached hydrogens (tertiary/aromatic N) is 4. The van der Waals surface area contributed by atoms with Crippen molar-refractivity contribution in [2.24, 2.45) is 0 Å². The number of fused-ring (bicyclic) bond motifs is 1. The molecular formula is C25H23BrN4O4S2. The third-order valence-electron chi connectivity index (χ3n) is 6.04. The van der Waals surface area contributed by atoms with Crippen molar-refractivity contribution in [2.45, 2.75) is 30.3 Å². The Hall–Kier alpha value is -2.86. The lowest BCUT2D eigenvalue weighted by atomic mass is 10.2. The highest BCUT2D eigenvalue weighted by Gasteiger charge is 2.42. The highest BCUT2D eigenvalue weighted by Crippen LogP contribution is 2.34. The Balaban J connectivity index is 1.51. The molecule has 0 bridgehead atoms. The van der Waals surface area contributed by atoms with Gasteiger partial charge in [0.25, 0.3) is 0 Å². The molecule has 2 aromatic carbocycles. The number of carbonyl (C=O) groups excluding carboxylic acids is 1. The van der Waals surface area contributed by atoms with Crippen LogP contribution < -0.4 is 9.64 Å². The number of hydrogen-bond donors (Lipinski definition) is 0. The molecule has 0 spiro atoms. The number of thiazole rings is 1. The van der Waals surface area contributed by atoms with Gasteiger partial charge in [-0.1, -0.05) is 33.3 Å². The fourth-order valence-electron chi connectivity index (χ4n) is 4.23. The van der Waals surface area contributed by atoms with E-state index >= 15 is 0 Å². The number of benzene rings is 2. The lowest BCUT2D eigenvalue weighted by Crippen LogP contribution is -2.47. The molecule has 0 aliphatic carbocycles. The van der Waals surface area contributed by atoms with E-state index in [1.165, 1.54) is 34.9 Å². The normalized spacial score (nSPS) is 16.3. The molecule has 1 amide bonds. The van der Waals surface area contributed by atoms with Crippen molar-refractivity contribution < 1.29 is 17.9 Å². The number of carbonyl (C=O) groups is 1. The molecule has 5 rings (SSSR count). The first kappa shape index (κ1) is 24.8. The number of aromatic nitrogens is 2. The van der Waals surface area contributed by atoms with Gasteiger partial charge in [-0.25, -0.2) is 13.4 Å². The molecule has 3 heterocycles. The molecule has 11 heteroatoms. The summed E-state index contributed by atoms with van der Waals surface area (Å²) < 4.78 is 35.4. The van der Waals surface area contributed by atoms with Crippen LogP contribution in [0.3, 0.4) is 0 Å². The van der Waals surface area contributed by atoms with E-state index in [4.69, 9.17) is 9.72 Å². The summed E-state index contributed by atoms with van der Waals surface area (Å²) in [7, 11) is -2.36. The number of rotatable bonds is 7. The lowest BCUT2D eigenvalue weighted by Gasteiger charge is -2.28. The molecule has 1 aliphatic rings. The number of pyridine rings is 1. The number of amides is 1. The highest BCUT2D eigenvalue weighted by atomic mass is 79.9. The standard InChI is InChI=1S/C25H23BrN4O4S2/c1-34-19-8-10-20(11-9-19)36(32,33)30-14-4-6-22(30)24(31)29(16-18-5-2-3-13-27-18)25-28-21-12-7-17(26)15-23(21)35-25/h2-3,5,7-13,15,22H,4,6,14,16H2,1H3. The summed E-state index contributed by atoms with van der Waals surface area (Å²) in [5.41, 5.74) is 1.46. The van der Waals surface area contributed by atoms with E-state index in [-0.39, 0.29) is 23.9 Å². The van der Waals surface area contributed by atoms with Gasteiger partial charge in [0, 0.05) is 17.2 Å². The van der Waals surface area contributed by atoms with Crippen LogP contribution in [0, 0.1) is 0 Å². The molecule has 0 saturated carbocycles. The third kappa shape index (κ3) is 4.88. The van der Waals surface area contributed by atoms with Crippen molar-refractivity contribution in [3.63, 3.8) is 0 Å². The van der Waals surface area contributed by atoms with Crippen molar-refractivity contribution >= 4 is 58.5 Å². The second kappa shape index (κ2) is 10.3. The van der Waals surface area contributed by atoms with E-state index in [1.54, 1.807) is 23.2 Å². The smallest absolute Gasteiger partial charge is 0.247 e. The molecule has 186 valence electrons. The molecule has 4 aromatic rings. The molecule has 2 aromatic heterocycles. The molecule has 1 atom stereocenters. The summed E-state index contributed by atoms with van der Waals surface area (Å²) >= 11 is 4.87. The fourth-order valence-corrected chi connectivity index (χ4v) is 7.41. The van der Waals surface area contributed by atoms with Crippen LogP contribution in [0.2, 0.25) is 0 Å². The Morgan fingerprint density at radius 1 is 1.19 bits per heavy atom. The number of hydrogen-bond acceptors (Lipinski definition) is 7. The van der Waals surface area contributed by atoms with Gasteiger partial charge < -0.3 is 4.74 Å². The number of sulfonamides is 1. The Morgan fingerprint density at radius 3 is 2.72 bits per heavy atom. The predicted molar refractivity (Wildman–Crippen MR) is 143 cm³/mol. The molecule has 1 saturated heterocycles. The minimum absolute atomic E-state index is 0.129. The molecule has 1 aliphatic heterocycles. The van der Waals surface area contributed by atoms with Gasteiger partial charge in [0.2, 0.25) is 15.9 Å². The maximum Gasteiger partial charge on any atom is 0.247 e. The topological polar surface area (TPSA) is 92.7 Å². The van der Waals surface area contributed by atoms with Gasteiger partial charge in [-0.15, -0.1) is 0 Å². The highest BCUT2D eigenvalue weighted by molar-refractivity contribution is 9.10. The van der Waals surface area contributed by atoms with Crippen molar-refractivity contribution in [3.05, 3.63) is 77.0 Å². The van der Waals surface area contributed by atoms with E-state index < -0.39 is 16.1 Å². The third-order valence-corrected chi connectivity index (χ3v) is 9.49. The van der Waals surface area contributed by atoms with Gasteiger partial charge >= 0.3 is 0 Å². The lowest BCUT2D eigenvalue weighted by molar-refractivity contribution is -0.121. The van der Waals surface area contributed by atoms with Gasteiger partial charge in [-0.2, -0.15) is 4.31 Å². The van der Waals surface area contributed by atoms with E-state index in [1.807, 2.05) is 36.4 Å². The number of methoxy groups -OCH3 is 1. The van der Waals surface area contributed by atoms with Crippen molar-refractivity contribution in [1.82, 2.24) is 14.3 Å². The fraction of sp³-hybridized carbons (Fsp3) is 0.240. The van der Waals surface area contributed by atoms with Crippen LogP contribution in [0.25, 0.3) is 10.2 Å². The first-order chi connectivity index (χ1) is 17.4. The maximum absolute atomic E-state index is 14.0. The molecule has 36 heavy (non-hydrogen) atoms. The van der Waals surface area contributed by atoms with Gasteiger partial charge in [-0.05, 0) is 67.4 Å². The van der Waals surface area contributed by atoms with Gasteiger partial charge in [0.15, 0.2) is 5.13 Å². The average Bonchev–Trinajstić information content (AvgIpc) is 3.55. The summed E-state index contributed by atoms with van der Waals surface area (Å²) in [6.45, 7) is 0.461. The summed E-state index contributed by atoms with van der Waals surface area (Å²) in [6, 6.07) is 16.6. The minimum Gasteiger partial charge on any atom is -0.497 e. The largest absolute Gasteiger partial charge is 0.497 e. The van der Waals surface area contributed by atoms with Crippen LogP contribution in [0.5, 0.6) is 5.75 Å². The van der Waals surface area contributed by atoms with E-state index in [0.29, 0.717) is 29.4 Å². The molecule has 8 nitrogen and oxygen atoms in total. The van der Waals surface area contributed by atoms with Gasteiger partial charge in [-0.3, -0.25) is 14.7 Å². The average molecular weight is 588 g/mol. The SMILES string of the molecule is COc1ccc(S(=O)(=O)N2CCCC2C(=O)N(Cc2ccccn2)c2nc3ccc(Br)cc3s2)cc1. The summed E-state index contributed by atoms with van der Waals surface area (Å²) in [4.78, 5) is 24.8. The van der Waals surface area contributed by atoms with Crippen molar-refractivity contribution in [2.75, 3.05) is 18.6 Å². The van der Waals surface area contributed by atoms with Crippen LogP contribution in [0.15, 0.2) is 76.2 Å². The van der Waals surface area contributed by atoms with Crippen LogP contribution >= 0.6 is 27.3 Å². The first-order valence-corrected chi connectivity index (χ1v) is 14.3. The van der Waals surface area contributed by atoms with Gasteiger partial charge in [0.1, 0.15) is 11.8 Å². The second-order valence-corrected chi connectivity index (χ2v) is 12.1. The number of halogens is 1. The Labute approximate surface area is 221 Å². The van der Waals surface area contributed by atoms with Crippen LogP contribution in [0.1, 0.15) is 18.5 Å². The van der Waals surface area contributed by atoms with Crippen LogP contribution in [-0.2, 0) is 21.4 Å². The summed E-state index contributed by atoms with van der Waals surface area (Å²) in [6.07, 6.45) is 2.70. The zero-order valence-corrected chi connectivity index (χ0v) is 22.6. The summed E-state index contributed by atoms with van der Waals surface area (Å²) in [5, 5.41) is 0.507. The van der Waals surface area contributed by atoms with Crippen molar-refractivity contribution in [3.8, 4) is 5.75 Å². The zero-order valence-electron chi connectivity index (χ0n) is 19.4. The molecule has 0 N–H and O–H groups in total. The van der Waals surface area contributed by atoms with E-state index in [9.17, 15) is 13.2 Å². The Bertz CT molecular complexity index is 1490. The quantitative estimate of drug-likeness (QED) is 0.307. The minimum atomic E-state index is -3.89. The van der Waals surface area contributed by atoms with Crippen LogP contribution in [-0.4, -0.2) is 48.3 Å². The van der Waals surface area contributed by atoms with E-state index in [2.05, 4.69) is 20.9 Å². The van der Waals surface area contributed by atoms with E-state index in [0.717, 1.165) is 14.7 Å². The van der Waals surface area contributed by atoms with Crippen LogP contribution in [0.4, 0.5) is 5.13 Å². The maximum atomic E-state index is 14.0. The number of ether oxygens (including phenoxy) is 1. The monoisotopic (exact) mass is 586 g/mol.